The molecule has 0 radical (unpaired) electrons. The number of nitrogens with two attached hydrogens (primary N) is 1. The van der Waals surface area contributed by atoms with Crippen LogP contribution in [0, 0.1) is 0 Å². The van der Waals surface area contributed by atoms with E-state index in [0.717, 1.165) is 31.9 Å². The maximum absolute atomic E-state index is 6.16. The molecule has 2 aliphatic rings. The van der Waals surface area contributed by atoms with E-state index in [0.29, 0.717) is 12.1 Å². The first kappa shape index (κ1) is 12.7. The number of hydrogen-bond acceptors (Lipinski definition) is 4. The molecule has 2 rings (SSSR count). The Kier molecular flexibility index (Phi) is 4.68. The molecule has 0 aromatic carbocycles. The molecule has 0 amide bonds. The molecular formula is C13H26N4. The lowest BCUT2D eigenvalue weighted by atomic mass is 10.0. The van der Waals surface area contributed by atoms with E-state index in [9.17, 15) is 0 Å². The number of nitrogens with one attached hydrogen (secondary N) is 2. The van der Waals surface area contributed by atoms with Crippen LogP contribution in [0.1, 0.15) is 32.6 Å². The van der Waals surface area contributed by atoms with Gasteiger partial charge in [0.05, 0.1) is 5.82 Å². The Morgan fingerprint density at radius 1 is 1.35 bits per heavy atom. The zero-order valence-corrected chi connectivity index (χ0v) is 10.9. The van der Waals surface area contributed by atoms with Crippen LogP contribution in [0.3, 0.4) is 0 Å². The average molecular weight is 238 g/mol. The van der Waals surface area contributed by atoms with E-state index in [1.165, 1.54) is 25.8 Å². The molecule has 0 bridgehead atoms. The van der Waals surface area contributed by atoms with E-state index in [-0.39, 0.29) is 0 Å². The van der Waals surface area contributed by atoms with E-state index < -0.39 is 0 Å². The minimum Gasteiger partial charge on any atom is -0.386 e. The van der Waals surface area contributed by atoms with Crippen LogP contribution in [0.2, 0.25) is 0 Å². The molecule has 2 fully saturated rings. The summed E-state index contributed by atoms with van der Waals surface area (Å²) in [7, 11) is 0. The Hall–Kier alpha value is -0.740. The summed E-state index contributed by atoms with van der Waals surface area (Å²) in [4.78, 5) is 2.30. The van der Waals surface area contributed by atoms with Crippen LogP contribution in [-0.2, 0) is 0 Å². The molecule has 2 aliphatic heterocycles. The topological polar surface area (TPSA) is 53.3 Å². The Morgan fingerprint density at radius 2 is 2.24 bits per heavy atom. The Balaban J connectivity index is 1.79. The van der Waals surface area contributed by atoms with E-state index in [4.69, 9.17) is 5.73 Å². The Labute approximate surface area is 105 Å². The Bertz CT molecular complexity index is 258. The second-order valence-corrected chi connectivity index (χ2v) is 5.31. The summed E-state index contributed by atoms with van der Waals surface area (Å²) in [5, 5.41) is 6.99. The predicted octanol–water partition coefficient (Wildman–Crippen LogP) is 0.612. The van der Waals surface area contributed by atoms with Gasteiger partial charge in [-0.15, -0.1) is 0 Å². The van der Waals surface area contributed by atoms with E-state index >= 15 is 0 Å². The van der Waals surface area contributed by atoms with Crippen LogP contribution in [0.25, 0.3) is 0 Å². The van der Waals surface area contributed by atoms with Gasteiger partial charge in [-0.1, -0.05) is 6.42 Å². The van der Waals surface area contributed by atoms with Gasteiger partial charge < -0.3 is 21.3 Å². The first-order chi connectivity index (χ1) is 8.25. The lowest BCUT2D eigenvalue weighted by Crippen LogP contribution is -2.49. The fraction of sp³-hybridized carbons (Fsp3) is 0.846. The zero-order chi connectivity index (χ0) is 12.1. The molecule has 2 heterocycles. The third kappa shape index (κ3) is 3.89. The molecule has 98 valence electrons. The monoisotopic (exact) mass is 238 g/mol. The third-order valence-electron chi connectivity index (χ3n) is 3.76. The van der Waals surface area contributed by atoms with Gasteiger partial charge in [-0.05, 0) is 38.8 Å². The second-order valence-electron chi connectivity index (χ2n) is 5.31. The number of nitrogens with zero attached hydrogens (tertiary/aromatic N) is 1. The average Bonchev–Trinajstić information content (AvgIpc) is 2.37. The smallest absolute Gasteiger partial charge is 0.0946 e. The fourth-order valence-electron chi connectivity index (χ4n) is 2.68. The summed E-state index contributed by atoms with van der Waals surface area (Å²) < 4.78 is 0. The van der Waals surface area contributed by atoms with Gasteiger partial charge in [-0.2, -0.15) is 0 Å². The molecule has 2 atom stereocenters. The largest absolute Gasteiger partial charge is 0.386 e. The van der Waals surface area contributed by atoms with Crippen LogP contribution in [0.15, 0.2) is 11.9 Å². The first-order valence-corrected chi connectivity index (χ1v) is 6.93. The highest BCUT2D eigenvalue weighted by Gasteiger charge is 2.16. The molecule has 0 saturated carbocycles. The fourth-order valence-corrected chi connectivity index (χ4v) is 2.68. The number of piperazine rings is 1. The van der Waals surface area contributed by atoms with Crippen molar-refractivity contribution >= 4 is 0 Å². The van der Waals surface area contributed by atoms with Gasteiger partial charge in [0.1, 0.15) is 0 Å². The van der Waals surface area contributed by atoms with Gasteiger partial charge in [-0.3, -0.25) is 0 Å². The predicted molar refractivity (Wildman–Crippen MR) is 71.6 cm³/mol. The maximum atomic E-state index is 6.16. The van der Waals surface area contributed by atoms with Crippen LogP contribution in [0.4, 0.5) is 0 Å². The minimum absolute atomic E-state index is 0.545. The normalized spacial score (nSPS) is 31.6. The molecule has 4 N–H and O–H groups in total. The molecule has 2 saturated heterocycles. The molecular weight excluding hydrogens is 212 g/mol. The quantitative estimate of drug-likeness (QED) is 0.674. The summed E-state index contributed by atoms with van der Waals surface area (Å²) in [6, 6.07) is 1.19. The van der Waals surface area contributed by atoms with E-state index in [1.807, 2.05) is 0 Å². The van der Waals surface area contributed by atoms with Crippen molar-refractivity contribution in [1.29, 1.82) is 0 Å². The molecule has 0 aliphatic carbocycles. The zero-order valence-electron chi connectivity index (χ0n) is 10.9. The van der Waals surface area contributed by atoms with E-state index in [2.05, 4.69) is 28.5 Å². The highest BCUT2D eigenvalue weighted by Crippen LogP contribution is 2.12. The summed E-state index contributed by atoms with van der Waals surface area (Å²) in [5.41, 5.74) is 6.16. The first-order valence-electron chi connectivity index (χ1n) is 6.93. The Morgan fingerprint density at radius 3 is 2.94 bits per heavy atom. The molecule has 0 spiro atoms. The van der Waals surface area contributed by atoms with Gasteiger partial charge in [0.25, 0.3) is 0 Å². The second kappa shape index (κ2) is 6.26. The summed E-state index contributed by atoms with van der Waals surface area (Å²) in [6.07, 6.45) is 7.26. The van der Waals surface area contributed by atoms with Crippen molar-refractivity contribution in [3.63, 3.8) is 0 Å². The van der Waals surface area contributed by atoms with Crippen molar-refractivity contribution < 1.29 is 0 Å². The molecule has 17 heavy (non-hydrogen) atoms. The SMILES string of the molecule is C[C@H]1CN(/C(N)=C\CC2CCCCN2)CCN1. The summed E-state index contributed by atoms with van der Waals surface area (Å²) >= 11 is 0. The highest BCUT2D eigenvalue weighted by atomic mass is 15.2. The van der Waals surface area contributed by atoms with E-state index in [1.54, 1.807) is 0 Å². The lowest BCUT2D eigenvalue weighted by molar-refractivity contribution is 0.252. The minimum atomic E-state index is 0.545. The van der Waals surface area contributed by atoms with Crippen LogP contribution in [-0.4, -0.2) is 43.2 Å². The molecule has 0 aromatic rings. The molecule has 4 heteroatoms. The van der Waals surface area contributed by atoms with Crippen molar-refractivity contribution in [3.8, 4) is 0 Å². The van der Waals surface area contributed by atoms with Gasteiger partial charge >= 0.3 is 0 Å². The number of piperidine rings is 1. The van der Waals surface area contributed by atoms with Crippen LogP contribution >= 0.6 is 0 Å². The van der Waals surface area contributed by atoms with Crippen LogP contribution in [0.5, 0.6) is 0 Å². The number of rotatable bonds is 3. The third-order valence-corrected chi connectivity index (χ3v) is 3.76. The molecule has 4 nitrogen and oxygen atoms in total. The molecule has 0 aromatic heterocycles. The highest BCUT2D eigenvalue weighted by molar-refractivity contribution is 5.00. The van der Waals surface area contributed by atoms with Crippen molar-refractivity contribution in [2.75, 3.05) is 26.2 Å². The maximum Gasteiger partial charge on any atom is 0.0946 e. The molecule has 1 unspecified atom stereocenters. The van der Waals surface area contributed by atoms with Crippen molar-refractivity contribution in [2.24, 2.45) is 5.73 Å². The standard InChI is InChI=1S/C13H26N4/c1-11-10-17(9-8-15-11)13(14)6-5-12-4-2-3-7-16-12/h6,11-12,15-16H,2-5,7-10,14H2,1H3/b13-6-/t11-,12?/m0/s1. The van der Waals surface area contributed by atoms with Crippen molar-refractivity contribution in [1.82, 2.24) is 15.5 Å². The van der Waals surface area contributed by atoms with Gasteiger partial charge in [0.2, 0.25) is 0 Å². The van der Waals surface area contributed by atoms with Crippen molar-refractivity contribution in [3.05, 3.63) is 11.9 Å². The van der Waals surface area contributed by atoms with Gasteiger partial charge in [-0.25, -0.2) is 0 Å². The lowest BCUT2D eigenvalue weighted by Gasteiger charge is -2.34. The van der Waals surface area contributed by atoms with Crippen molar-refractivity contribution in [2.45, 2.75) is 44.7 Å². The summed E-state index contributed by atoms with van der Waals surface area (Å²) in [5.74, 6) is 0.964. The van der Waals surface area contributed by atoms with Gasteiger partial charge in [0.15, 0.2) is 0 Å². The van der Waals surface area contributed by atoms with Crippen LogP contribution < -0.4 is 16.4 Å². The summed E-state index contributed by atoms with van der Waals surface area (Å²) in [6.45, 7) is 6.48. The van der Waals surface area contributed by atoms with Gasteiger partial charge in [0, 0.05) is 31.7 Å². The number of hydrogen-bond donors (Lipinski definition) is 3.